The Morgan fingerprint density at radius 1 is 1.32 bits per heavy atom. The molecular formula is C17H25N3O2. The number of hydrazone groups is 1. The molecule has 5 nitrogen and oxygen atoms in total. The maximum atomic E-state index is 10.8. The minimum atomic E-state index is -0.273. The van der Waals surface area contributed by atoms with Crippen molar-refractivity contribution in [2.75, 3.05) is 18.9 Å². The standard InChI is InChI=1S/C17H25N3O2/c1-13(21)22-12-11-19-20-17(14-7-3-2-4-8-14)15-9-5-6-10-16(15)18/h5-6,9-10,14,19H,2-4,7-8,11-12,18H2,1H3. The minimum absolute atomic E-state index is 0.273. The van der Waals surface area contributed by atoms with Crippen molar-refractivity contribution in [1.82, 2.24) is 5.43 Å². The number of anilines is 1. The van der Waals surface area contributed by atoms with Crippen LogP contribution in [-0.4, -0.2) is 24.8 Å². The first kappa shape index (κ1) is 16.3. The molecule has 1 aliphatic rings. The molecule has 1 saturated carbocycles. The maximum absolute atomic E-state index is 10.8. The van der Waals surface area contributed by atoms with Crippen molar-refractivity contribution in [2.45, 2.75) is 39.0 Å². The van der Waals surface area contributed by atoms with Crippen LogP contribution in [0.1, 0.15) is 44.6 Å². The van der Waals surface area contributed by atoms with Gasteiger partial charge in [0.1, 0.15) is 6.61 Å². The number of carbonyl (C=O) groups excluding carboxylic acids is 1. The van der Waals surface area contributed by atoms with Gasteiger partial charge < -0.3 is 15.9 Å². The van der Waals surface area contributed by atoms with Gasteiger partial charge in [-0.25, -0.2) is 0 Å². The van der Waals surface area contributed by atoms with E-state index in [2.05, 4.69) is 10.5 Å². The molecule has 3 N–H and O–H groups in total. The highest BCUT2D eigenvalue weighted by atomic mass is 16.5. The zero-order chi connectivity index (χ0) is 15.8. The van der Waals surface area contributed by atoms with Crippen LogP contribution in [0.4, 0.5) is 5.69 Å². The van der Waals surface area contributed by atoms with E-state index in [1.54, 1.807) is 0 Å². The predicted molar refractivity (Wildman–Crippen MR) is 88.6 cm³/mol. The number of ether oxygens (including phenoxy) is 1. The lowest BCUT2D eigenvalue weighted by atomic mass is 9.83. The fraction of sp³-hybridized carbons (Fsp3) is 0.529. The van der Waals surface area contributed by atoms with Gasteiger partial charge in [-0.15, -0.1) is 0 Å². The Morgan fingerprint density at radius 3 is 2.73 bits per heavy atom. The number of benzene rings is 1. The van der Waals surface area contributed by atoms with Gasteiger partial charge >= 0.3 is 5.97 Å². The van der Waals surface area contributed by atoms with Crippen molar-refractivity contribution >= 4 is 17.4 Å². The monoisotopic (exact) mass is 303 g/mol. The molecule has 5 heteroatoms. The first-order valence-corrected chi connectivity index (χ1v) is 7.97. The van der Waals surface area contributed by atoms with Crippen LogP contribution in [0.3, 0.4) is 0 Å². The summed E-state index contributed by atoms with van der Waals surface area (Å²) in [6.45, 7) is 2.23. The number of nitrogens with zero attached hydrogens (tertiary/aromatic N) is 1. The number of esters is 1. The fourth-order valence-electron chi connectivity index (χ4n) is 2.86. The van der Waals surface area contributed by atoms with E-state index in [0.29, 0.717) is 19.1 Å². The second kappa shape index (κ2) is 8.41. The Hall–Kier alpha value is -2.04. The van der Waals surface area contributed by atoms with Crippen LogP contribution in [0.25, 0.3) is 0 Å². The minimum Gasteiger partial charge on any atom is -0.464 e. The molecule has 0 amide bonds. The van der Waals surface area contributed by atoms with Crippen molar-refractivity contribution in [1.29, 1.82) is 0 Å². The zero-order valence-electron chi connectivity index (χ0n) is 13.2. The summed E-state index contributed by atoms with van der Waals surface area (Å²) in [7, 11) is 0. The van der Waals surface area contributed by atoms with E-state index >= 15 is 0 Å². The van der Waals surface area contributed by atoms with E-state index in [0.717, 1.165) is 29.8 Å². The molecular weight excluding hydrogens is 278 g/mol. The smallest absolute Gasteiger partial charge is 0.302 e. The summed E-state index contributed by atoms with van der Waals surface area (Å²) in [5.74, 6) is 0.172. The lowest BCUT2D eigenvalue weighted by Gasteiger charge is -2.24. The molecule has 0 aromatic heterocycles. The summed E-state index contributed by atoms with van der Waals surface area (Å²) in [6, 6.07) is 7.86. The Bertz CT molecular complexity index is 522. The SMILES string of the molecule is CC(=O)OCCNN=C(c1ccccc1N)C1CCCCC1. The molecule has 0 bridgehead atoms. The van der Waals surface area contributed by atoms with Gasteiger partial charge in [-0.1, -0.05) is 37.5 Å². The van der Waals surface area contributed by atoms with Crippen LogP contribution in [0.2, 0.25) is 0 Å². The van der Waals surface area contributed by atoms with Crippen molar-refractivity contribution in [2.24, 2.45) is 11.0 Å². The van der Waals surface area contributed by atoms with E-state index < -0.39 is 0 Å². The third-order valence-corrected chi connectivity index (χ3v) is 3.95. The third-order valence-electron chi connectivity index (χ3n) is 3.95. The van der Waals surface area contributed by atoms with E-state index in [1.807, 2.05) is 24.3 Å². The lowest BCUT2D eigenvalue weighted by molar-refractivity contribution is -0.140. The molecule has 0 radical (unpaired) electrons. The molecule has 1 fully saturated rings. The molecule has 2 rings (SSSR count). The summed E-state index contributed by atoms with van der Waals surface area (Å²) in [5, 5.41) is 4.57. The second-order valence-electron chi connectivity index (χ2n) is 5.67. The topological polar surface area (TPSA) is 76.7 Å². The van der Waals surface area contributed by atoms with E-state index in [4.69, 9.17) is 10.5 Å². The first-order valence-electron chi connectivity index (χ1n) is 7.97. The Balaban J connectivity index is 2.07. The largest absolute Gasteiger partial charge is 0.464 e. The van der Waals surface area contributed by atoms with Crippen molar-refractivity contribution < 1.29 is 9.53 Å². The lowest BCUT2D eigenvalue weighted by Crippen LogP contribution is -2.25. The molecule has 1 aromatic rings. The number of nitrogen functional groups attached to an aromatic ring is 1. The highest BCUT2D eigenvalue weighted by Gasteiger charge is 2.22. The average molecular weight is 303 g/mol. The van der Waals surface area contributed by atoms with Crippen LogP contribution >= 0.6 is 0 Å². The molecule has 0 aliphatic heterocycles. The van der Waals surface area contributed by atoms with E-state index in [-0.39, 0.29) is 5.97 Å². The Kier molecular flexibility index (Phi) is 6.25. The van der Waals surface area contributed by atoms with Gasteiger partial charge in [0.05, 0.1) is 12.3 Å². The van der Waals surface area contributed by atoms with Gasteiger partial charge in [-0.2, -0.15) is 5.10 Å². The Labute approximate surface area is 131 Å². The first-order chi connectivity index (χ1) is 10.7. The normalized spacial score (nSPS) is 16.3. The molecule has 0 unspecified atom stereocenters. The zero-order valence-corrected chi connectivity index (χ0v) is 13.2. The van der Waals surface area contributed by atoms with Gasteiger partial charge in [-0.3, -0.25) is 4.79 Å². The van der Waals surface area contributed by atoms with Crippen molar-refractivity contribution in [3.63, 3.8) is 0 Å². The molecule has 0 saturated heterocycles. The number of carbonyl (C=O) groups is 1. The summed E-state index contributed by atoms with van der Waals surface area (Å²) in [6.07, 6.45) is 6.08. The number of hydrogen-bond donors (Lipinski definition) is 2. The highest BCUT2D eigenvalue weighted by Crippen LogP contribution is 2.29. The molecule has 1 aliphatic carbocycles. The molecule has 0 spiro atoms. The fourth-order valence-corrected chi connectivity index (χ4v) is 2.86. The van der Waals surface area contributed by atoms with Crippen molar-refractivity contribution in [3.05, 3.63) is 29.8 Å². The quantitative estimate of drug-likeness (QED) is 0.278. The van der Waals surface area contributed by atoms with Crippen LogP contribution in [0, 0.1) is 5.92 Å². The predicted octanol–water partition coefficient (Wildman–Crippen LogP) is 2.71. The van der Waals surface area contributed by atoms with Crippen LogP contribution in [0.5, 0.6) is 0 Å². The van der Waals surface area contributed by atoms with E-state index in [9.17, 15) is 4.79 Å². The van der Waals surface area contributed by atoms with Crippen LogP contribution < -0.4 is 11.2 Å². The second-order valence-corrected chi connectivity index (χ2v) is 5.67. The highest BCUT2D eigenvalue weighted by molar-refractivity contribution is 6.06. The van der Waals surface area contributed by atoms with Gasteiger partial charge in [0.2, 0.25) is 0 Å². The number of rotatable bonds is 6. The Morgan fingerprint density at radius 2 is 2.05 bits per heavy atom. The maximum Gasteiger partial charge on any atom is 0.302 e. The molecule has 0 heterocycles. The molecule has 22 heavy (non-hydrogen) atoms. The molecule has 0 atom stereocenters. The number of nitrogens with two attached hydrogens (primary N) is 1. The summed E-state index contributed by atoms with van der Waals surface area (Å²) in [5.41, 5.74) is 11.9. The summed E-state index contributed by atoms with van der Waals surface area (Å²) < 4.78 is 4.90. The number of para-hydroxylation sites is 1. The number of nitrogens with one attached hydrogen (secondary N) is 1. The van der Waals surface area contributed by atoms with E-state index in [1.165, 1.54) is 26.2 Å². The molecule has 1 aromatic carbocycles. The van der Waals surface area contributed by atoms with Crippen LogP contribution in [-0.2, 0) is 9.53 Å². The van der Waals surface area contributed by atoms with Crippen LogP contribution in [0.15, 0.2) is 29.4 Å². The average Bonchev–Trinajstić information content (AvgIpc) is 2.52. The number of hydrogen-bond acceptors (Lipinski definition) is 5. The van der Waals surface area contributed by atoms with Gasteiger partial charge in [0, 0.05) is 24.1 Å². The van der Waals surface area contributed by atoms with Gasteiger partial charge in [0.15, 0.2) is 0 Å². The summed E-state index contributed by atoms with van der Waals surface area (Å²) in [4.78, 5) is 10.8. The third kappa shape index (κ3) is 4.76. The van der Waals surface area contributed by atoms with Gasteiger partial charge in [-0.05, 0) is 18.9 Å². The van der Waals surface area contributed by atoms with Gasteiger partial charge in [0.25, 0.3) is 0 Å². The molecule has 120 valence electrons. The van der Waals surface area contributed by atoms with Crippen molar-refractivity contribution in [3.8, 4) is 0 Å². The summed E-state index contributed by atoms with van der Waals surface area (Å²) >= 11 is 0.